The molecular weight excluding hydrogens is 454 g/mol. The molecule has 0 saturated carbocycles. The van der Waals surface area contributed by atoms with Crippen LogP contribution in [0.25, 0.3) is 15.8 Å². The molecule has 0 spiro atoms. The van der Waals surface area contributed by atoms with Crippen LogP contribution in [-0.4, -0.2) is 20.7 Å². The van der Waals surface area contributed by atoms with Gasteiger partial charge in [-0.1, -0.05) is 53.7 Å². The maximum Gasteiger partial charge on any atom is 0.231 e. The van der Waals surface area contributed by atoms with Crippen molar-refractivity contribution in [2.24, 2.45) is 0 Å². The molecule has 0 saturated heterocycles. The van der Waals surface area contributed by atoms with E-state index < -0.39 is 0 Å². The van der Waals surface area contributed by atoms with Gasteiger partial charge in [-0.15, -0.1) is 0 Å². The number of allylic oxidation sites excluding steroid dienone is 1. The van der Waals surface area contributed by atoms with E-state index in [0.29, 0.717) is 26.9 Å². The number of thioether (sulfide) groups is 1. The Morgan fingerprint density at radius 3 is 2.64 bits per heavy atom. The molecule has 2 N–H and O–H groups in total. The Morgan fingerprint density at radius 1 is 1.12 bits per heavy atom. The molecule has 1 aliphatic rings. The first-order chi connectivity index (χ1) is 15.8. The molecule has 0 fully saturated rings. The zero-order chi connectivity index (χ0) is 23.3. The molecule has 0 radical (unpaired) electrons. The number of anilines is 1. The number of Topliss-reactive ketones (excluding diaryl/α,β-unsaturated/α-hetero) is 1. The van der Waals surface area contributed by atoms with Gasteiger partial charge in [0.2, 0.25) is 5.78 Å². The van der Waals surface area contributed by atoms with E-state index in [4.69, 9.17) is 16.7 Å². The van der Waals surface area contributed by atoms with Gasteiger partial charge in [0.25, 0.3) is 0 Å². The Hall–Kier alpha value is -3.22. The molecule has 33 heavy (non-hydrogen) atoms. The number of fused-ring (bicyclic) bond motifs is 2. The molecule has 0 bridgehead atoms. The number of aryl methyl sites for hydroxylation is 1. The fourth-order valence-electron chi connectivity index (χ4n) is 3.98. The number of para-hydroxylation sites is 2. The van der Waals surface area contributed by atoms with Crippen molar-refractivity contribution in [1.29, 1.82) is 0 Å². The average molecular weight is 476 g/mol. The molecule has 0 amide bonds. The summed E-state index contributed by atoms with van der Waals surface area (Å²) in [4.78, 5) is 15.6. The Balaban J connectivity index is 1.74. The van der Waals surface area contributed by atoms with E-state index in [1.165, 1.54) is 11.8 Å². The lowest BCUT2D eigenvalue weighted by Crippen LogP contribution is -2.18. The molecule has 0 aliphatic carbocycles. The minimum atomic E-state index is -0.237. The number of benzene rings is 3. The zero-order valence-corrected chi connectivity index (χ0v) is 20.0. The third kappa shape index (κ3) is 3.69. The maximum absolute atomic E-state index is 14.0. The molecule has 7 heteroatoms. The van der Waals surface area contributed by atoms with Gasteiger partial charge in [0.1, 0.15) is 17.1 Å². The van der Waals surface area contributed by atoms with Gasteiger partial charge in [-0.05, 0) is 56.7 Å². The summed E-state index contributed by atoms with van der Waals surface area (Å²) < 4.78 is 1.87. The van der Waals surface area contributed by atoms with E-state index in [1.54, 1.807) is 12.1 Å². The van der Waals surface area contributed by atoms with Crippen molar-refractivity contribution >= 4 is 50.6 Å². The Bertz CT molecular complexity index is 1460. The van der Waals surface area contributed by atoms with Gasteiger partial charge >= 0.3 is 0 Å². The smallest absolute Gasteiger partial charge is 0.231 e. The first kappa shape index (κ1) is 21.6. The number of hydrogen-bond acceptors (Lipinski definition) is 5. The highest BCUT2D eigenvalue weighted by Gasteiger charge is 2.30. The Morgan fingerprint density at radius 2 is 1.85 bits per heavy atom. The third-order valence-electron chi connectivity index (χ3n) is 5.65. The number of nitrogens with zero attached hydrogens (tertiary/aromatic N) is 2. The van der Waals surface area contributed by atoms with Gasteiger partial charge in [0, 0.05) is 26.9 Å². The van der Waals surface area contributed by atoms with Gasteiger partial charge in [-0.25, -0.2) is 0 Å². The van der Waals surface area contributed by atoms with Crippen LogP contribution in [-0.2, 0) is 0 Å². The highest BCUT2D eigenvalue weighted by atomic mass is 35.5. The number of phenols is 1. The first-order valence-corrected chi connectivity index (χ1v) is 11.8. The van der Waals surface area contributed by atoms with Gasteiger partial charge in [0.15, 0.2) is 0 Å². The number of hydrogen-bond donors (Lipinski definition) is 2. The molecule has 166 valence electrons. The number of nitrogens with one attached hydrogen (secondary N) is 1. The summed E-state index contributed by atoms with van der Waals surface area (Å²) in [7, 11) is 0. The lowest BCUT2D eigenvalue weighted by molar-refractivity contribution is 0.103. The van der Waals surface area contributed by atoms with Crippen molar-refractivity contribution in [1.82, 2.24) is 9.78 Å². The molecule has 1 aromatic heterocycles. The van der Waals surface area contributed by atoms with E-state index >= 15 is 0 Å². The van der Waals surface area contributed by atoms with Gasteiger partial charge in [-0.3, -0.25) is 9.48 Å². The standard InChI is InChI=1S/C26H22ClN3O2S/c1-14(2)30-20-10-6-4-8-16(20)23(29-30)25(32)24-26(17-13-18(27)15(3)12-21(17)31)33-22-11-7-5-9-19(22)28-24/h4-14,28,31H,1-3H3. The lowest BCUT2D eigenvalue weighted by Gasteiger charge is -2.24. The second kappa shape index (κ2) is 8.28. The number of carbonyl (C=O) groups is 1. The van der Waals surface area contributed by atoms with Crippen molar-refractivity contribution in [2.75, 3.05) is 5.32 Å². The van der Waals surface area contributed by atoms with Crippen molar-refractivity contribution in [3.63, 3.8) is 0 Å². The van der Waals surface area contributed by atoms with Crippen LogP contribution in [0.2, 0.25) is 5.02 Å². The van der Waals surface area contributed by atoms with E-state index in [9.17, 15) is 9.90 Å². The molecule has 5 rings (SSSR count). The maximum atomic E-state index is 14.0. The summed E-state index contributed by atoms with van der Waals surface area (Å²) in [5.74, 6) is -0.165. The normalized spacial score (nSPS) is 13.4. The second-order valence-electron chi connectivity index (χ2n) is 8.28. The summed E-state index contributed by atoms with van der Waals surface area (Å²) in [6.45, 7) is 5.91. The topological polar surface area (TPSA) is 67.1 Å². The molecule has 0 unspecified atom stereocenters. The number of aromatic hydroxyl groups is 1. The van der Waals surface area contributed by atoms with Crippen LogP contribution in [0.3, 0.4) is 0 Å². The average Bonchev–Trinajstić information content (AvgIpc) is 3.20. The number of rotatable bonds is 4. The van der Waals surface area contributed by atoms with E-state index in [1.807, 2.05) is 74.0 Å². The Kier molecular flexibility index (Phi) is 5.43. The first-order valence-electron chi connectivity index (χ1n) is 10.6. The van der Waals surface area contributed by atoms with Crippen LogP contribution in [0.5, 0.6) is 5.75 Å². The number of carbonyl (C=O) groups excluding carboxylic acids is 1. The molecule has 0 atom stereocenters. The van der Waals surface area contributed by atoms with Crippen LogP contribution < -0.4 is 5.32 Å². The molecular formula is C26H22ClN3O2S. The van der Waals surface area contributed by atoms with Crippen molar-refractivity contribution in [3.8, 4) is 5.75 Å². The lowest BCUT2D eigenvalue weighted by atomic mass is 10.0. The molecule has 1 aliphatic heterocycles. The molecule has 4 aromatic rings. The minimum absolute atomic E-state index is 0.0726. The highest BCUT2D eigenvalue weighted by Crippen LogP contribution is 2.48. The fraction of sp³-hybridized carbons (Fsp3) is 0.154. The van der Waals surface area contributed by atoms with Crippen molar-refractivity contribution in [2.45, 2.75) is 31.7 Å². The molecule has 5 nitrogen and oxygen atoms in total. The van der Waals surface area contributed by atoms with Crippen LogP contribution in [0.4, 0.5) is 5.69 Å². The minimum Gasteiger partial charge on any atom is -0.507 e. The predicted octanol–water partition coefficient (Wildman–Crippen LogP) is 7.05. The van der Waals surface area contributed by atoms with Gasteiger partial charge in [0.05, 0.1) is 16.1 Å². The number of halogens is 1. The summed E-state index contributed by atoms with van der Waals surface area (Å²) in [5.41, 5.74) is 3.75. The third-order valence-corrected chi connectivity index (χ3v) is 7.26. The summed E-state index contributed by atoms with van der Waals surface area (Å²) in [5, 5.41) is 20.1. The molecule has 2 heterocycles. The summed E-state index contributed by atoms with van der Waals surface area (Å²) >= 11 is 7.83. The SMILES string of the molecule is Cc1cc(O)c(C2=C(C(=O)c3nn(C(C)C)c4ccccc34)Nc3ccccc3S2)cc1Cl. The summed E-state index contributed by atoms with van der Waals surface area (Å²) in [6.07, 6.45) is 0. The van der Waals surface area contributed by atoms with Crippen LogP contribution in [0.1, 0.15) is 41.5 Å². The van der Waals surface area contributed by atoms with Crippen LogP contribution >= 0.6 is 23.4 Å². The summed E-state index contributed by atoms with van der Waals surface area (Å²) in [6, 6.07) is 18.9. The van der Waals surface area contributed by atoms with Gasteiger partial charge < -0.3 is 10.4 Å². The quantitative estimate of drug-likeness (QED) is 0.309. The van der Waals surface area contributed by atoms with E-state index in [2.05, 4.69) is 5.32 Å². The highest BCUT2D eigenvalue weighted by molar-refractivity contribution is 8.08. The zero-order valence-electron chi connectivity index (χ0n) is 18.4. The monoisotopic (exact) mass is 475 g/mol. The predicted molar refractivity (Wildman–Crippen MR) is 135 cm³/mol. The van der Waals surface area contributed by atoms with Crippen molar-refractivity contribution in [3.05, 3.63) is 88.2 Å². The number of ketones is 1. The second-order valence-corrected chi connectivity index (χ2v) is 9.74. The van der Waals surface area contributed by atoms with E-state index in [0.717, 1.165) is 27.0 Å². The molecule has 3 aromatic carbocycles. The number of phenolic OH excluding ortho intramolecular Hbond substituents is 1. The Labute approximate surface area is 201 Å². The van der Waals surface area contributed by atoms with Gasteiger partial charge in [-0.2, -0.15) is 5.10 Å². The van der Waals surface area contributed by atoms with Crippen LogP contribution in [0, 0.1) is 6.92 Å². The fourth-order valence-corrected chi connectivity index (χ4v) is 5.26. The van der Waals surface area contributed by atoms with E-state index in [-0.39, 0.29) is 17.6 Å². The largest absolute Gasteiger partial charge is 0.507 e. The van der Waals surface area contributed by atoms with Crippen LogP contribution in [0.15, 0.2) is 71.3 Å². The number of aromatic nitrogens is 2. The van der Waals surface area contributed by atoms with Crippen molar-refractivity contribution < 1.29 is 9.90 Å².